The summed E-state index contributed by atoms with van der Waals surface area (Å²) in [5.74, 6) is 0.623. The Bertz CT molecular complexity index is 464. The molecule has 0 radical (unpaired) electrons. The second-order valence-electron chi connectivity index (χ2n) is 5.75. The van der Waals surface area contributed by atoms with E-state index in [1.165, 1.54) is 12.1 Å². The van der Waals surface area contributed by atoms with Gasteiger partial charge in [-0.15, -0.1) is 0 Å². The van der Waals surface area contributed by atoms with Gasteiger partial charge in [-0.3, -0.25) is 4.79 Å². The van der Waals surface area contributed by atoms with E-state index in [9.17, 15) is 9.18 Å². The van der Waals surface area contributed by atoms with Crippen LogP contribution >= 0.6 is 0 Å². The molecular weight excluding hydrogens is 271 g/mol. The zero-order valence-electron chi connectivity index (χ0n) is 12.3. The first-order valence-corrected chi connectivity index (χ1v) is 7.49. The van der Waals surface area contributed by atoms with Crippen LogP contribution in [0.1, 0.15) is 32.6 Å². The number of hydrogen-bond acceptors (Lipinski definition) is 3. The zero-order chi connectivity index (χ0) is 15.2. The number of halogens is 1. The number of carbonyl (C=O) groups is 1. The van der Waals surface area contributed by atoms with Crippen molar-refractivity contribution >= 4 is 5.91 Å². The second kappa shape index (κ2) is 7.41. The largest absolute Gasteiger partial charge is 0.489 e. The predicted molar refractivity (Wildman–Crippen MR) is 79.4 cm³/mol. The van der Waals surface area contributed by atoms with Gasteiger partial charge in [0.1, 0.15) is 17.7 Å². The number of nitrogens with one attached hydrogen (secondary N) is 1. The van der Waals surface area contributed by atoms with Gasteiger partial charge >= 0.3 is 0 Å². The normalized spacial score (nSPS) is 22.8. The molecule has 1 unspecified atom stereocenters. The van der Waals surface area contributed by atoms with Gasteiger partial charge in [0.05, 0.1) is 6.54 Å². The van der Waals surface area contributed by atoms with Gasteiger partial charge in [0.25, 0.3) is 0 Å². The predicted octanol–water partition coefficient (Wildman–Crippen LogP) is 2.23. The fourth-order valence-electron chi connectivity index (χ4n) is 2.67. The van der Waals surface area contributed by atoms with Crippen LogP contribution in [0.25, 0.3) is 0 Å². The molecule has 3 atom stereocenters. The highest BCUT2D eigenvalue weighted by molar-refractivity contribution is 5.76. The molecule has 0 aliphatic heterocycles. The highest BCUT2D eigenvalue weighted by Crippen LogP contribution is 2.26. The average molecular weight is 294 g/mol. The molecule has 1 aliphatic rings. The summed E-state index contributed by atoms with van der Waals surface area (Å²) in [5, 5.41) is 2.87. The van der Waals surface area contributed by atoms with Crippen LogP contribution in [0.5, 0.6) is 5.75 Å². The Labute approximate surface area is 124 Å². The summed E-state index contributed by atoms with van der Waals surface area (Å²) in [4.78, 5) is 11.9. The summed E-state index contributed by atoms with van der Waals surface area (Å²) in [7, 11) is 0. The summed E-state index contributed by atoms with van der Waals surface area (Å²) < 4.78 is 18.4. The van der Waals surface area contributed by atoms with E-state index in [0.717, 1.165) is 19.3 Å². The van der Waals surface area contributed by atoms with Gasteiger partial charge < -0.3 is 15.8 Å². The second-order valence-corrected chi connectivity index (χ2v) is 5.75. The first-order chi connectivity index (χ1) is 10.0. The fourth-order valence-corrected chi connectivity index (χ4v) is 2.67. The summed E-state index contributed by atoms with van der Waals surface area (Å²) in [6.07, 6.45) is 3.49. The minimum absolute atomic E-state index is 0.0203. The monoisotopic (exact) mass is 294 g/mol. The van der Waals surface area contributed by atoms with Crippen molar-refractivity contribution in [1.82, 2.24) is 5.32 Å². The lowest BCUT2D eigenvalue weighted by Crippen LogP contribution is -2.36. The highest BCUT2D eigenvalue weighted by atomic mass is 19.1. The van der Waals surface area contributed by atoms with Gasteiger partial charge in [-0.1, -0.05) is 6.42 Å². The van der Waals surface area contributed by atoms with Crippen molar-refractivity contribution in [3.05, 3.63) is 30.1 Å². The molecule has 1 aliphatic carbocycles. The summed E-state index contributed by atoms with van der Waals surface area (Å²) in [6, 6.07) is 6.00. The lowest BCUT2D eigenvalue weighted by atomic mass is 10.00. The van der Waals surface area contributed by atoms with Gasteiger partial charge in [0.15, 0.2) is 0 Å². The lowest BCUT2D eigenvalue weighted by molar-refractivity contribution is -0.122. The molecule has 5 heteroatoms. The van der Waals surface area contributed by atoms with Crippen molar-refractivity contribution in [2.24, 2.45) is 11.7 Å². The van der Waals surface area contributed by atoms with Crippen molar-refractivity contribution < 1.29 is 13.9 Å². The molecule has 21 heavy (non-hydrogen) atoms. The molecular formula is C16H23FN2O2. The Kier molecular flexibility index (Phi) is 5.56. The molecule has 116 valence electrons. The number of nitrogens with two attached hydrogens (primary N) is 1. The van der Waals surface area contributed by atoms with Crippen molar-refractivity contribution in [1.29, 1.82) is 0 Å². The number of carbonyl (C=O) groups excluding carboxylic acids is 1. The van der Waals surface area contributed by atoms with E-state index in [1.807, 2.05) is 6.92 Å². The highest BCUT2D eigenvalue weighted by Gasteiger charge is 2.26. The van der Waals surface area contributed by atoms with Gasteiger partial charge in [-0.05, 0) is 49.9 Å². The summed E-state index contributed by atoms with van der Waals surface area (Å²) in [5.41, 5.74) is 5.96. The van der Waals surface area contributed by atoms with E-state index in [2.05, 4.69) is 5.32 Å². The Morgan fingerprint density at radius 3 is 2.76 bits per heavy atom. The van der Waals surface area contributed by atoms with Gasteiger partial charge in [-0.2, -0.15) is 0 Å². The van der Waals surface area contributed by atoms with Crippen LogP contribution in [-0.2, 0) is 4.79 Å². The van der Waals surface area contributed by atoms with E-state index in [0.29, 0.717) is 24.6 Å². The molecule has 0 spiro atoms. The molecule has 1 amide bonds. The molecule has 0 saturated heterocycles. The molecule has 0 bridgehead atoms. The Hall–Kier alpha value is -1.62. The quantitative estimate of drug-likeness (QED) is 0.845. The van der Waals surface area contributed by atoms with Crippen LogP contribution < -0.4 is 15.8 Å². The minimum atomic E-state index is -0.295. The fraction of sp³-hybridized carbons (Fsp3) is 0.562. The molecule has 3 N–H and O–H groups in total. The van der Waals surface area contributed by atoms with Crippen LogP contribution in [0.3, 0.4) is 0 Å². The molecule has 1 aromatic rings. The van der Waals surface area contributed by atoms with Gasteiger partial charge in [0, 0.05) is 12.5 Å². The van der Waals surface area contributed by atoms with E-state index < -0.39 is 0 Å². The Morgan fingerprint density at radius 2 is 2.14 bits per heavy atom. The van der Waals surface area contributed by atoms with Crippen LogP contribution in [-0.4, -0.2) is 24.6 Å². The number of hydrogen-bond donors (Lipinski definition) is 2. The van der Waals surface area contributed by atoms with Crippen molar-refractivity contribution in [2.45, 2.75) is 44.8 Å². The van der Waals surface area contributed by atoms with E-state index in [1.54, 1.807) is 12.1 Å². The SMILES string of the molecule is CC(CNC(=O)C[C@@H]1CCC[C@H]1N)Oc1ccc(F)cc1. The summed E-state index contributed by atoms with van der Waals surface area (Å²) in [6.45, 7) is 2.29. The third-order valence-electron chi connectivity index (χ3n) is 3.90. The smallest absolute Gasteiger partial charge is 0.220 e. The van der Waals surface area contributed by atoms with Gasteiger partial charge in [0.2, 0.25) is 5.91 Å². The lowest BCUT2D eigenvalue weighted by Gasteiger charge is -2.18. The number of benzene rings is 1. The standard InChI is InChI=1S/C16H23FN2O2/c1-11(21-14-7-5-13(17)6-8-14)10-19-16(20)9-12-3-2-4-15(12)18/h5-8,11-12,15H,2-4,9-10,18H2,1H3,(H,19,20)/t11?,12-,15+/m0/s1. The minimum Gasteiger partial charge on any atom is -0.489 e. The molecule has 0 heterocycles. The molecule has 1 saturated carbocycles. The molecule has 1 fully saturated rings. The van der Waals surface area contributed by atoms with E-state index in [-0.39, 0.29) is 23.9 Å². The molecule has 2 rings (SSSR count). The van der Waals surface area contributed by atoms with Crippen LogP contribution in [0, 0.1) is 11.7 Å². The van der Waals surface area contributed by atoms with Crippen LogP contribution in [0.2, 0.25) is 0 Å². The Balaban J connectivity index is 1.69. The number of amides is 1. The third-order valence-corrected chi connectivity index (χ3v) is 3.90. The number of ether oxygens (including phenoxy) is 1. The molecule has 4 nitrogen and oxygen atoms in total. The van der Waals surface area contributed by atoms with Crippen molar-refractivity contribution in [3.8, 4) is 5.75 Å². The van der Waals surface area contributed by atoms with Crippen LogP contribution in [0.4, 0.5) is 4.39 Å². The molecule has 0 aromatic heterocycles. The topological polar surface area (TPSA) is 64.4 Å². The third kappa shape index (κ3) is 5.01. The van der Waals surface area contributed by atoms with E-state index in [4.69, 9.17) is 10.5 Å². The van der Waals surface area contributed by atoms with Crippen LogP contribution in [0.15, 0.2) is 24.3 Å². The van der Waals surface area contributed by atoms with Gasteiger partial charge in [-0.25, -0.2) is 4.39 Å². The zero-order valence-corrected chi connectivity index (χ0v) is 12.3. The maximum Gasteiger partial charge on any atom is 0.220 e. The average Bonchev–Trinajstić information content (AvgIpc) is 2.85. The van der Waals surface area contributed by atoms with Crippen molar-refractivity contribution in [2.75, 3.05) is 6.54 Å². The maximum absolute atomic E-state index is 12.8. The van der Waals surface area contributed by atoms with E-state index >= 15 is 0 Å². The number of rotatable bonds is 6. The first-order valence-electron chi connectivity index (χ1n) is 7.49. The maximum atomic E-state index is 12.8. The Morgan fingerprint density at radius 1 is 1.43 bits per heavy atom. The first kappa shape index (κ1) is 15.8. The molecule has 1 aromatic carbocycles. The summed E-state index contributed by atoms with van der Waals surface area (Å²) >= 11 is 0. The van der Waals surface area contributed by atoms with Crippen molar-refractivity contribution in [3.63, 3.8) is 0 Å².